The Hall–Kier alpha value is -0.970. The van der Waals surface area contributed by atoms with Crippen LogP contribution in [-0.2, 0) is 0 Å². The van der Waals surface area contributed by atoms with Crippen LogP contribution in [0.15, 0.2) is 24.5 Å². The molecule has 1 aliphatic heterocycles. The Kier molecular flexibility index (Phi) is 4.69. The Morgan fingerprint density at radius 1 is 1.50 bits per heavy atom. The molecular weight excluding hydrogens is 226 g/mol. The first kappa shape index (κ1) is 13.5. The number of hydrogen-bond acceptors (Lipinski definition) is 4. The number of hydrogen-bond donors (Lipinski definition) is 2. The third-order valence-corrected chi connectivity index (χ3v) is 3.82. The van der Waals surface area contributed by atoms with Crippen LogP contribution in [0.4, 0.5) is 0 Å². The van der Waals surface area contributed by atoms with Crippen molar-refractivity contribution in [1.82, 2.24) is 9.88 Å². The summed E-state index contributed by atoms with van der Waals surface area (Å²) in [5, 5.41) is 9.19. The van der Waals surface area contributed by atoms with Gasteiger partial charge in [0, 0.05) is 25.0 Å². The highest BCUT2D eigenvalue weighted by Gasteiger charge is 2.28. The van der Waals surface area contributed by atoms with E-state index in [0.717, 1.165) is 25.9 Å². The van der Waals surface area contributed by atoms with Crippen molar-refractivity contribution in [1.29, 1.82) is 0 Å². The molecule has 100 valence electrons. The maximum Gasteiger partial charge on any atom is 0.0511 e. The molecule has 0 spiro atoms. The van der Waals surface area contributed by atoms with Crippen molar-refractivity contribution in [3.63, 3.8) is 0 Å². The lowest BCUT2D eigenvalue weighted by Crippen LogP contribution is -2.44. The van der Waals surface area contributed by atoms with Gasteiger partial charge in [-0.15, -0.1) is 0 Å². The molecule has 0 aliphatic carbocycles. The normalized spacial score (nSPS) is 21.7. The molecular formula is C14H23N3O. The van der Waals surface area contributed by atoms with Crippen LogP contribution in [0.5, 0.6) is 0 Å². The van der Waals surface area contributed by atoms with E-state index >= 15 is 0 Å². The molecule has 0 saturated carbocycles. The fourth-order valence-corrected chi connectivity index (χ4v) is 2.81. The van der Waals surface area contributed by atoms with E-state index in [1.807, 2.05) is 12.3 Å². The van der Waals surface area contributed by atoms with Crippen molar-refractivity contribution < 1.29 is 5.11 Å². The van der Waals surface area contributed by atoms with Gasteiger partial charge in [0.2, 0.25) is 0 Å². The molecule has 0 amide bonds. The van der Waals surface area contributed by atoms with E-state index in [-0.39, 0.29) is 12.1 Å². The zero-order chi connectivity index (χ0) is 13.0. The van der Waals surface area contributed by atoms with E-state index in [9.17, 15) is 5.11 Å². The van der Waals surface area contributed by atoms with Gasteiger partial charge in [0.15, 0.2) is 0 Å². The summed E-state index contributed by atoms with van der Waals surface area (Å²) >= 11 is 0. The number of rotatable bonds is 4. The maximum atomic E-state index is 9.19. The van der Waals surface area contributed by atoms with Crippen molar-refractivity contribution in [3.05, 3.63) is 30.1 Å². The Balaban J connectivity index is 2.08. The topological polar surface area (TPSA) is 62.4 Å². The highest BCUT2D eigenvalue weighted by Crippen LogP contribution is 2.28. The highest BCUT2D eigenvalue weighted by atomic mass is 16.3. The van der Waals surface area contributed by atoms with Gasteiger partial charge in [-0.05, 0) is 50.4 Å². The summed E-state index contributed by atoms with van der Waals surface area (Å²) in [5.41, 5.74) is 7.34. The predicted molar refractivity (Wildman–Crippen MR) is 72.0 cm³/mol. The van der Waals surface area contributed by atoms with E-state index < -0.39 is 0 Å². The number of piperidine rings is 1. The van der Waals surface area contributed by atoms with Gasteiger partial charge in [-0.2, -0.15) is 0 Å². The monoisotopic (exact) mass is 249 g/mol. The van der Waals surface area contributed by atoms with Crippen LogP contribution >= 0.6 is 0 Å². The zero-order valence-electron chi connectivity index (χ0n) is 11.0. The van der Waals surface area contributed by atoms with Gasteiger partial charge in [-0.1, -0.05) is 6.07 Å². The number of pyridine rings is 1. The summed E-state index contributed by atoms with van der Waals surface area (Å²) in [5.74, 6) is 0.462. The van der Waals surface area contributed by atoms with Crippen LogP contribution in [0, 0.1) is 5.92 Å². The minimum atomic E-state index is 0.0832. The number of likely N-dealkylation sites (tertiary alicyclic amines) is 1. The maximum absolute atomic E-state index is 9.19. The summed E-state index contributed by atoms with van der Waals surface area (Å²) < 4.78 is 0. The third-order valence-electron chi connectivity index (χ3n) is 3.82. The molecule has 18 heavy (non-hydrogen) atoms. The molecule has 3 N–H and O–H groups in total. The molecule has 1 fully saturated rings. The van der Waals surface area contributed by atoms with Crippen molar-refractivity contribution in [2.24, 2.45) is 11.7 Å². The largest absolute Gasteiger partial charge is 0.396 e. The molecule has 1 aliphatic rings. The summed E-state index contributed by atoms with van der Waals surface area (Å²) in [4.78, 5) is 6.62. The van der Waals surface area contributed by atoms with Crippen molar-refractivity contribution in [3.8, 4) is 0 Å². The predicted octanol–water partition coefficient (Wildman–Crippen LogP) is 1.17. The second kappa shape index (κ2) is 6.27. The van der Waals surface area contributed by atoms with Gasteiger partial charge in [0.1, 0.15) is 0 Å². The summed E-state index contributed by atoms with van der Waals surface area (Å²) in [6, 6.07) is 4.38. The lowest BCUT2D eigenvalue weighted by molar-refractivity contribution is 0.0914. The Morgan fingerprint density at radius 3 is 2.72 bits per heavy atom. The number of aliphatic hydroxyl groups is 1. The standard InChI is InChI=1S/C14H23N3O/c1-11(15)14(13-3-2-6-16-9-13)17-7-4-12(10-18)5-8-17/h2-3,6,9,11-12,14,18H,4-5,7-8,10,15H2,1H3. The summed E-state index contributed by atoms with van der Waals surface area (Å²) in [7, 11) is 0. The summed E-state index contributed by atoms with van der Waals surface area (Å²) in [6.07, 6.45) is 5.81. The minimum Gasteiger partial charge on any atom is -0.396 e. The second-order valence-corrected chi connectivity index (χ2v) is 5.25. The van der Waals surface area contributed by atoms with Gasteiger partial charge in [-0.3, -0.25) is 9.88 Å². The molecule has 1 saturated heterocycles. The molecule has 0 radical (unpaired) electrons. The fraction of sp³-hybridized carbons (Fsp3) is 0.643. The molecule has 0 aromatic carbocycles. The number of nitrogens with zero attached hydrogens (tertiary/aromatic N) is 2. The first-order chi connectivity index (χ1) is 8.72. The van der Waals surface area contributed by atoms with Crippen LogP contribution < -0.4 is 5.73 Å². The lowest BCUT2D eigenvalue weighted by Gasteiger charge is -2.39. The zero-order valence-corrected chi connectivity index (χ0v) is 11.0. The van der Waals surface area contributed by atoms with Gasteiger partial charge in [-0.25, -0.2) is 0 Å². The molecule has 1 aromatic rings. The minimum absolute atomic E-state index is 0.0832. The first-order valence-corrected chi connectivity index (χ1v) is 6.72. The van der Waals surface area contributed by atoms with E-state index in [1.54, 1.807) is 6.20 Å². The molecule has 4 heteroatoms. The molecule has 2 heterocycles. The molecule has 2 rings (SSSR count). The van der Waals surface area contributed by atoms with Crippen LogP contribution in [0.2, 0.25) is 0 Å². The van der Waals surface area contributed by atoms with Crippen LogP contribution in [-0.4, -0.2) is 40.7 Å². The molecule has 4 nitrogen and oxygen atoms in total. The van der Waals surface area contributed by atoms with Gasteiger partial charge in [0.05, 0.1) is 6.04 Å². The first-order valence-electron chi connectivity index (χ1n) is 6.72. The average Bonchev–Trinajstić information content (AvgIpc) is 2.40. The Labute approximate surface area is 109 Å². The Morgan fingerprint density at radius 2 is 2.22 bits per heavy atom. The van der Waals surface area contributed by atoms with Crippen LogP contribution in [0.25, 0.3) is 0 Å². The molecule has 0 bridgehead atoms. The van der Waals surface area contributed by atoms with Crippen molar-refractivity contribution in [2.75, 3.05) is 19.7 Å². The Bertz CT molecular complexity index is 347. The summed E-state index contributed by atoms with van der Waals surface area (Å²) in [6.45, 7) is 4.37. The number of aromatic nitrogens is 1. The molecule has 2 unspecified atom stereocenters. The van der Waals surface area contributed by atoms with Crippen LogP contribution in [0.3, 0.4) is 0 Å². The van der Waals surface area contributed by atoms with Crippen molar-refractivity contribution >= 4 is 0 Å². The third kappa shape index (κ3) is 3.07. The molecule has 1 aromatic heterocycles. The quantitative estimate of drug-likeness (QED) is 0.841. The van der Waals surface area contributed by atoms with E-state index in [2.05, 4.69) is 22.9 Å². The van der Waals surface area contributed by atoms with E-state index in [0.29, 0.717) is 12.5 Å². The second-order valence-electron chi connectivity index (χ2n) is 5.25. The average molecular weight is 249 g/mol. The van der Waals surface area contributed by atoms with Gasteiger partial charge in [0.25, 0.3) is 0 Å². The number of aliphatic hydroxyl groups excluding tert-OH is 1. The van der Waals surface area contributed by atoms with E-state index in [4.69, 9.17) is 5.73 Å². The smallest absolute Gasteiger partial charge is 0.0511 e. The van der Waals surface area contributed by atoms with Crippen molar-refractivity contribution in [2.45, 2.75) is 31.8 Å². The van der Waals surface area contributed by atoms with Gasteiger partial charge < -0.3 is 10.8 Å². The SMILES string of the molecule is CC(N)C(c1cccnc1)N1CCC(CO)CC1. The molecule has 2 atom stereocenters. The highest BCUT2D eigenvalue weighted by molar-refractivity contribution is 5.16. The van der Waals surface area contributed by atoms with E-state index in [1.165, 1.54) is 5.56 Å². The fourth-order valence-electron chi connectivity index (χ4n) is 2.81. The van der Waals surface area contributed by atoms with Crippen LogP contribution in [0.1, 0.15) is 31.4 Å². The van der Waals surface area contributed by atoms with Gasteiger partial charge >= 0.3 is 0 Å². The number of nitrogens with two attached hydrogens (primary N) is 1. The lowest BCUT2D eigenvalue weighted by atomic mass is 9.93.